The minimum Gasteiger partial charge on any atom is -0.476 e. The highest BCUT2D eigenvalue weighted by atomic mass is 32.2. The van der Waals surface area contributed by atoms with E-state index < -0.39 is 16.0 Å². The number of hydrogen-bond acceptors (Lipinski definition) is 5. The van der Waals surface area contributed by atoms with Gasteiger partial charge in [-0.25, -0.2) is 18.2 Å². The Bertz CT molecular complexity index is 701. The summed E-state index contributed by atoms with van der Waals surface area (Å²) >= 11 is 0. The van der Waals surface area contributed by atoms with Crippen molar-refractivity contribution in [1.82, 2.24) is 9.97 Å². The van der Waals surface area contributed by atoms with E-state index in [1.165, 1.54) is 42.9 Å². The Morgan fingerprint density at radius 1 is 1.21 bits per heavy atom. The van der Waals surface area contributed by atoms with Gasteiger partial charge in [-0.2, -0.15) is 0 Å². The van der Waals surface area contributed by atoms with Crippen LogP contribution in [-0.4, -0.2) is 29.5 Å². The third kappa shape index (κ3) is 2.86. The molecule has 0 aliphatic heterocycles. The van der Waals surface area contributed by atoms with Gasteiger partial charge in [0.15, 0.2) is 5.69 Å². The molecule has 2 aromatic heterocycles. The van der Waals surface area contributed by atoms with E-state index in [0.717, 1.165) is 0 Å². The third-order valence-electron chi connectivity index (χ3n) is 2.20. The summed E-state index contributed by atoms with van der Waals surface area (Å²) in [7, 11) is -3.89. The van der Waals surface area contributed by atoms with E-state index >= 15 is 0 Å². The lowest BCUT2D eigenvalue weighted by Crippen LogP contribution is -2.16. The number of carbonyl (C=O) groups is 1. The van der Waals surface area contributed by atoms with Crippen molar-refractivity contribution in [2.24, 2.45) is 0 Å². The predicted octanol–water partition coefficient (Wildman–Crippen LogP) is 0.976. The molecule has 8 heteroatoms. The van der Waals surface area contributed by atoms with Gasteiger partial charge in [0.2, 0.25) is 0 Å². The largest absolute Gasteiger partial charge is 0.476 e. The number of carboxylic acids is 1. The van der Waals surface area contributed by atoms with Crippen molar-refractivity contribution in [2.45, 2.75) is 4.90 Å². The van der Waals surface area contributed by atoms with Gasteiger partial charge < -0.3 is 5.11 Å². The van der Waals surface area contributed by atoms with Crippen LogP contribution >= 0.6 is 0 Å². The molecule has 0 atom stereocenters. The Morgan fingerprint density at radius 3 is 2.58 bits per heavy atom. The Balaban J connectivity index is 2.39. The van der Waals surface area contributed by atoms with Crippen LogP contribution in [0.3, 0.4) is 0 Å². The predicted molar refractivity (Wildman–Crippen MR) is 66.2 cm³/mol. The van der Waals surface area contributed by atoms with E-state index in [2.05, 4.69) is 14.7 Å². The molecule has 2 N–H and O–H groups in total. The Labute approximate surface area is 109 Å². The van der Waals surface area contributed by atoms with E-state index in [-0.39, 0.29) is 16.3 Å². The first kappa shape index (κ1) is 13.0. The SMILES string of the molecule is O=C(O)c1ncccc1NS(=O)(=O)c1cccnc1. The molecule has 0 aliphatic carbocycles. The molecule has 2 rings (SSSR count). The fraction of sp³-hybridized carbons (Fsp3) is 0. The number of pyridine rings is 2. The van der Waals surface area contributed by atoms with Crippen LogP contribution in [-0.2, 0) is 10.0 Å². The highest BCUT2D eigenvalue weighted by molar-refractivity contribution is 7.92. The number of nitrogens with zero attached hydrogens (tertiary/aromatic N) is 2. The van der Waals surface area contributed by atoms with Crippen molar-refractivity contribution in [3.63, 3.8) is 0 Å². The van der Waals surface area contributed by atoms with Crippen LogP contribution in [0.25, 0.3) is 0 Å². The van der Waals surface area contributed by atoms with Crippen molar-refractivity contribution in [2.75, 3.05) is 4.72 Å². The number of aromatic nitrogens is 2. The molecule has 0 unspecified atom stereocenters. The van der Waals surface area contributed by atoms with Crippen LogP contribution in [0.2, 0.25) is 0 Å². The van der Waals surface area contributed by atoms with Gasteiger partial charge in [0.1, 0.15) is 4.90 Å². The summed E-state index contributed by atoms with van der Waals surface area (Å²) in [5.41, 5.74) is -0.464. The van der Waals surface area contributed by atoms with Gasteiger partial charge in [-0.05, 0) is 24.3 Å². The van der Waals surface area contributed by atoms with Crippen molar-refractivity contribution >= 4 is 21.7 Å². The van der Waals surface area contributed by atoms with Gasteiger partial charge in [-0.15, -0.1) is 0 Å². The van der Waals surface area contributed by atoms with Crippen LogP contribution in [0.4, 0.5) is 5.69 Å². The number of aromatic carboxylic acids is 1. The lowest BCUT2D eigenvalue weighted by molar-refractivity contribution is 0.0692. The van der Waals surface area contributed by atoms with Gasteiger partial charge in [0, 0.05) is 18.6 Å². The minimum absolute atomic E-state index is 0.0600. The van der Waals surface area contributed by atoms with E-state index in [1.54, 1.807) is 0 Å². The second kappa shape index (κ2) is 5.02. The average Bonchev–Trinajstić information content (AvgIpc) is 2.39. The van der Waals surface area contributed by atoms with E-state index in [4.69, 9.17) is 5.11 Å². The second-order valence-corrected chi connectivity index (χ2v) is 5.18. The summed E-state index contributed by atoms with van der Waals surface area (Å²) in [5.74, 6) is -1.32. The second-order valence-electron chi connectivity index (χ2n) is 3.50. The summed E-state index contributed by atoms with van der Waals surface area (Å²) in [4.78, 5) is 18.2. The van der Waals surface area contributed by atoms with Gasteiger partial charge in [-0.3, -0.25) is 9.71 Å². The van der Waals surface area contributed by atoms with Crippen LogP contribution < -0.4 is 4.72 Å². The first-order valence-electron chi connectivity index (χ1n) is 5.12. The number of rotatable bonds is 4. The molecule has 19 heavy (non-hydrogen) atoms. The molecule has 0 bridgehead atoms. The van der Waals surface area contributed by atoms with Crippen LogP contribution in [0, 0.1) is 0 Å². The first-order chi connectivity index (χ1) is 9.00. The van der Waals surface area contributed by atoms with Gasteiger partial charge in [0.25, 0.3) is 10.0 Å². The van der Waals surface area contributed by atoms with Crippen LogP contribution in [0.1, 0.15) is 10.5 Å². The Kier molecular flexibility index (Phi) is 3.43. The normalized spacial score (nSPS) is 10.9. The average molecular weight is 279 g/mol. The summed E-state index contributed by atoms with van der Waals surface area (Å²) in [6.45, 7) is 0. The highest BCUT2D eigenvalue weighted by Crippen LogP contribution is 2.17. The molecule has 2 heterocycles. The number of carboxylic acid groups (broad SMARTS) is 1. The third-order valence-corrected chi connectivity index (χ3v) is 3.55. The van der Waals surface area contributed by atoms with Crippen LogP contribution in [0.15, 0.2) is 47.8 Å². The summed E-state index contributed by atoms with van der Waals surface area (Å²) in [5, 5.41) is 8.92. The van der Waals surface area contributed by atoms with Crippen molar-refractivity contribution in [3.8, 4) is 0 Å². The molecule has 7 nitrogen and oxygen atoms in total. The smallest absolute Gasteiger partial charge is 0.356 e. The van der Waals surface area contributed by atoms with E-state index in [1.807, 2.05) is 0 Å². The molecule has 0 aromatic carbocycles. The zero-order valence-corrected chi connectivity index (χ0v) is 10.3. The molecule has 0 saturated heterocycles. The molecule has 0 radical (unpaired) electrons. The minimum atomic E-state index is -3.89. The number of nitrogens with one attached hydrogen (secondary N) is 1. The number of hydrogen-bond donors (Lipinski definition) is 2. The van der Waals surface area contributed by atoms with Crippen LogP contribution in [0.5, 0.6) is 0 Å². The lowest BCUT2D eigenvalue weighted by atomic mass is 10.3. The molecule has 0 fully saturated rings. The quantitative estimate of drug-likeness (QED) is 0.863. The molecule has 98 valence electrons. The zero-order chi connectivity index (χ0) is 13.9. The molecule has 0 aliphatic rings. The molecule has 2 aromatic rings. The molecular weight excluding hydrogens is 270 g/mol. The standard InChI is InChI=1S/C11H9N3O4S/c15-11(16)10-9(4-2-6-13-10)14-19(17,18)8-3-1-5-12-7-8/h1-7,14H,(H,15,16). The number of anilines is 1. The fourth-order valence-corrected chi connectivity index (χ4v) is 2.40. The monoisotopic (exact) mass is 279 g/mol. The summed E-state index contributed by atoms with van der Waals surface area (Å²) < 4.78 is 26.2. The van der Waals surface area contributed by atoms with Crippen molar-refractivity contribution < 1.29 is 18.3 Å². The topological polar surface area (TPSA) is 109 Å². The van der Waals surface area contributed by atoms with E-state index in [0.29, 0.717) is 0 Å². The Morgan fingerprint density at radius 2 is 1.95 bits per heavy atom. The number of sulfonamides is 1. The lowest BCUT2D eigenvalue weighted by Gasteiger charge is -2.09. The molecular formula is C11H9N3O4S. The summed E-state index contributed by atoms with van der Waals surface area (Å²) in [6, 6.07) is 5.58. The Hall–Kier alpha value is -2.48. The maximum Gasteiger partial charge on any atom is 0.356 e. The first-order valence-corrected chi connectivity index (χ1v) is 6.60. The van der Waals surface area contributed by atoms with Crippen molar-refractivity contribution in [3.05, 3.63) is 48.5 Å². The van der Waals surface area contributed by atoms with Gasteiger partial charge in [0.05, 0.1) is 5.69 Å². The summed E-state index contributed by atoms with van der Waals surface area (Å²) in [6.07, 6.45) is 3.87. The maximum atomic E-state index is 12.0. The molecule has 0 saturated carbocycles. The van der Waals surface area contributed by atoms with E-state index in [9.17, 15) is 13.2 Å². The fourth-order valence-electron chi connectivity index (χ4n) is 1.37. The molecule has 0 spiro atoms. The zero-order valence-electron chi connectivity index (χ0n) is 9.52. The van der Waals surface area contributed by atoms with Gasteiger partial charge in [-0.1, -0.05) is 0 Å². The highest BCUT2D eigenvalue weighted by Gasteiger charge is 2.19. The maximum absolute atomic E-state index is 12.0. The van der Waals surface area contributed by atoms with Crippen molar-refractivity contribution in [1.29, 1.82) is 0 Å². The molecule has 0 amide bonds. The van der Waals surface area contributed by atoms with Gasteiger partial charge >= 0.3 is 5.97 Å².